The number of anilines is 2. The lowest BCUT2D eigenvalue weighted by Gasteiger charge is -2.10. The van der Waals surface area contributed by atoms with Crippen LogP contribution >= 0.6 is 0 Å². The summed E-state index contributed by atoms with van der Waals surface area (Å²) in [6.07, 6.45) is 0. The van der Waals surface area contributed by atoms with Crippen molar-refractivity contribution in [2.45, 2.75) is 19.8 Å². The van der Waals surface area contributed by atoms with Crippen LogP contribution in [-0.2, 0) is 0 Å². The van der Waals surface area contributed by atoms with E-state index in [-0.39, 0.29) is 0 Å². The first-order valence-corrected chi connectivity index (χ1v) is 10.1. The van der Waals surface area contributed by atoms with Gasteiger partial charge in [-0.2, -0.15) is 0 Å². The number of rotatable bonds is 4. The van der Waals surface area contributed by atoms with Crippen LogP contribution in [0.25, 0.3) is 33.1 Å². The zero-order valence-electron chi connectivity index (χ0n) is 16.6. The second kappa shape index (κ2) is 7.14. The molecule has 0 saturated carbocycles. The van der Waals surface area contributed by atoms with Gasteiger partial charge in [-0.25, -0.2) is 0 Å². The maximum Gasteiger partial charge on any atom is 0.136 e. The van der Waals surface area contributed by atoms with E-state index in [4.69, 9.17) is 4.42 Å². The quantitative estimate of drug-likeness (QED) is 0.342. The second-order valence-corrected chi connectivity index (χ2v) is 7.76. The molecule has 1 N–H and O–H groups in total. The molecule has 2 nitrogen and oxygen atoms in total. The van der Waals surface area contributed by atoms with Gasteiger partial charge >= 0.3 is 0 Å². The van der Waals surface area contributed by atoms with Crippen LogP contribution in [0.15, 0.2) is 95.4 Å². The van der Waals surface area contributed by atoms with E-state index in [0.717, 1.165) is 27.9 Å². The predicted octanol–water partition coefficient (Wildman–Crippen LogP) is 8.12. The van der Waals surface area contributed by atoms with Gasteiger partial charge in [0.2, 0.25) is 0 Å². The Kier molecular flexibility index (Phi) is 4.33. The number of furan rings is 1. The molecule has 0 unspecified atom stereocenters. The van der Waals surface area contributed by atoms with Gasteiger partial charge in [-0.3, -0.25) is 0 Å². The van der Waals surface area contributed by atoms with Gasteiger partial charge in [0, 0.05) is 22.1 Å². The first-order chi connectivity index (χ1) is 14.2. The molecular weight excluding hydrogens is 354 g/mol. The zero-order valence-corrected chi connectivity index (χ0v) is 16.6. The first-order valence-electron chi connectivity index (χ1n) is 10.1. The van der Waals surface area contributed by atoms with Crippen molar-refractivity contribution in [3.05, 3.63) is 96.6 Å². The van der Waals surface area contributed by atoms with Crippen LogP contribution in [0, 0.1) is 0 Å². The molecule has 0 aliphatic rings. The molecule has 29 heavy (non-hydrogen) atoms. The lowest BCUT2D eigenvalue weighted by molar-refractivity contribution is 0.669. The molecule has 4 aromatic carbocycles. The van der Waals surface area contributed by atoms with E-state index in [0.29, 0.717) is 5.92 Å². The van der Waals surface area contributed by atoms with E-state index in [2.05, 4.69) is 92.0 Å². The Hall–Kier alpha value is -3.52. The highest BCUT2D eigenvalue weighted by Gasteiger charge is 2.11. The molecule has 0 aliphatic carbocycles. The zero-order chi connectivity index (χ0) is 19.8. The standard InChI is InChI=1S/C27H23NO/c1-18(2)19-10-14-21(15-11-19)28-22-16-12-20(13-17-22)23-7-5-9-26-27(23)24-6-3-4-8-25(24)29-26/h3-18,28H,1-2H3. The van der Waals surface area contributed by atoms with E-state index in [1.165, 1.54) is 22.1 Å². The summed E-state index contributed by atoms with van der Waals surface area (Å²) in [5, 5.41) is 5.82. The molecule has 0 atom stereocenters. The first kappa shape index (κ1) is 17.6. The van der Waals surface area contributed by atoms with Gasteiger partial charge in [0.1, 0.15) is 11.2 Å². The average molecular weight is 377 g/mol. The molecule has 0 bridgehead atoms. The predicted molar refractivity (Wildman–Crippen MR) is 123 cm³/mol. The Morgan fingerprint density at radius 3 is 2.03 bits per heavy atom. The lowest BCUT2D eigenvalue weighted by atomic mass is 9.99. The molecule has 0 aliphatic heterocycles. The highest BCUT2D eigenvalue weighted by atomic mass is 16.3. The molecular formula is C27H23NO. The van der Waals surface area contributed by atoms with Crippen molar-refractivity contribution in [3.63, 3.8) is 0 Å². The van der Waals surface area contributed by atoms with Crippen LogP contribution in [0.3, 0.4) is 0 Å². The summed E-state index contributed by atoms with van der Waals surface area (Å²) in [5.74, 6) is 0.546. The monoisotopic (exact) mass is 377 g/mol. The topological polar surface area (TPSA) is 25.2 Å². The fraction of sp³-hybridized carbons (Fsp3) is 0.111. The molecule has 0 saturated heterocycles. The summed E-state index contributed by atoms with van der Waals surface area (Å²) in [7, 11) is 0. The van der Waals surface area contributed by atoms with Crippen LogP contribution in [0.4, 0.5) is 11.4 Å². The van der Waals surface area contributed by atoms with Crippen LogP contribution < -0.4 is 5.32 Å². The van der Waals surface area contributed by atoms with Crippen molar-refractivity contribution in [1.29, 1.82) is 0 Å². The van der Waals surface area contributed by atoms with Gasteiger partial charge in [-0.15, -0.1) is 0 Å². The van der Waals surface area contributed by atoms with Crippen molar-refractivity contribution < 1.29 is 4.42 Å². The molecule has 1 heterocycles. The molecule has 2 heteroatoms. The highest BCUT2D eigenvalue weighted by Crippen LogP contribution is 2.36. The minimum atomic E-state index is 0.546. The SMILES string of the molecule is CC(C)c1ccc(Nc2ccc(-c3cccc4oc5ccccc5c34)cc2)cc1. The Labute approximate surface area is 170 Å². The van der Waals surface area contributed by atoms with E-state index in [1.54, 1.807) is 0 Å². The minimum Gasteiger partial charge on any atom is -0.456 e. The largest absolute Gasteiger partial charge is 0.456 e. The maximum absolute atomic E-state index is 6.03. The summed E-state index contributed by atoms with van der Waals surface area (Å²) in [5.41, 5.74) is 7.77. The van der Waals surface area contributed by atoms with Crippen molar-refractivity contribution >= 4 is 33.3 Å². The molecule has 0 spiro atoms. The summed E-state index contributed by atoms with van der Waals surface area (Å²) in [6, 6.07) is 31.7. The molecule has 0 amide bonds. The smallest absolute Gasteiger partial charge is 0.136 e. The fourth-order valence-corrected chi connectivity index (χ4v) is 3.87. The van der Waals surface area contributed by atoms with Crippen molar-refractivity contribution in [1.82, 2.24) is 0 Å². The summed E-state index contributed by atoms with van der Waals surface area (Å²) < 4.78 is 6.03. The maximum atomic E-state index is 6.03. The van der Waals surface area contributed by atoms with E-state index < -0.39 is 0 Å². The number of hydrogen-bond acceptors (Lipinski definition) is 2. The molecule has 5 aromatic rings. The number of fused-ring (bicyclic) bond motifs is 3. The molecule has 0 fully saturated rings. The Balaban J connectivity index is 1.47. The number of nitrogens with one attached hydrogen (secondary N) is 1. The summed E-state index contributed by atoms with van der Waals surface area (Å²) >= 11 is 0. The van der Waals surface area contributed by atoms with Crippen LogP contribution in [-0.4, -0.2) is 0 Å². The van der Waals surface area contributed by atoms with E-state index in [9.17, 15) is 0 Å². The van der Waals surface area contributed by atoms with Crippen LogP contribution in [0.1, 0.15) is 25.3 Å². The van der Waals surface area contributed by atoms with Gasteiger partial charge in [0.15, 0.2) is 0 Å². The second-order valence-electron chi connectivity index (χ2n) is 7.76. The van der Waals surface area contributed by atoms with Crippen molar-refractivity contribution in [2.24, 2.45) is 0 Å². The molecule has 142 valence electrons. The summed E-state index contributed by atoms with van der Waals surface area (Å²) in [6.45, 7) is 4.43. The van der Waals surface area contributed by atoms with Crippen LogP contribution in [0.5, 0.6) is 0 Å². The van der Waals surface area contributed by atoms with Crippen LogP contribution in [0.2, 0.25) is 0 Å². The Morgan fingerprint density at radius 2 is 1.31 bits per heavy atom. The molecule has 1 aromatic heterocycles. The third kappa shape index (κ3) is 3.27. The third-order valence-electron chi connectivity index (χ3n) is 5.46. The Morgan fingerprint density at radius 1 is 0.655 bits per heavy atom. The number of hydrogen-bond donors (Lipinski definition) is 1. The van der Waals surface area contributed by atoms with Gasteiger partial charge < -0.3 is 9.73 Å². The van der Waals surface area contributed by atoms with E-state index in [1.807, 2.05) is 18.2 Å². The molecule has 0 radical (unpaired) electrons. The van der Waals surface area contributed by atoms with E-state index >= 15 is 0 Å². The Bertz CT molecular complexity index is 1280. The molecule has 5 rings (SSSR count). The summed E-state index contributed by atoms with van der Waals surface area (Å²) in [4.78, 5) is 0. The number of para-hydroxylation sites is 1. The van der Waals surface area contributed by atoms with Gasteiger partial charge in [0.05, 0.1) is 0 Å². The van der Waals surface area contributed by atoms with Gasteiger partial charge in [-0.05, 0) is 59.0 Å². The normalized spacial score (nSPS) is 11.4. The lowest BCUT2D eigenvalue weighted by Crippen LogP contribution is -1.92. The van der Waals surface area contributed by atoms with Crippen molar-refractivity contribution in [2.75, 3.05) is 5.32 Å². The fourth-order valence-electron chi connectivity index (χ4n) is 3.87. The highest BCUT2D eigenvalue weighted by molar-refractivity contribution is 6.12. The van der Waals surface area contributed by atoms with Crippen molar-refractivity contribution in [3.8, 4) is 11.1 Å². The average Bonchev–Trinajstić information content (AvgIpc) is 3.13. The third-order valence-corrected chi connectivity index (χ3v) is 5.46. The van der Waals surface area contributed by atoms with Gasteiger partial charge in [-0.1, -0.05) is 68.4 Å². The minimum absolute atomic E-state index is 0.546. The van der Waals surface area contributed by atoms with Gasteiger partial charge in [0.25, 0.3) is 0 Å². The number of benzene rings is 4.